The van der Waals surface area contributed by atoms with Crippen molar-refractivity contribution in [3.63, 3.8) is 0 Å². The fourth-order valence-corrected chi connectivity index (χ4v) is 1.85. The summed E-state index contributed by atoms with van der Waals surface area (Å²) >= 11 is 0. The molecule has 8 heteroatoms. The summed E-state index contributed by atoms with van der Waals surface area (Å²) in [5.41, 5.74) is 1.18. The smallest absolute Gasteiger partial charge is 0.124 e. The van der Waals surface area contributed by atoms with Gasteiger partial charge in [0.2, 0.25) is 0 Å². The molecule has 0 aliphatic rings. The summed E-state index contributed by atoms with van der Waals surface area (Å²) in [7, 11) is 0. The van der Waals surface area contributed by atoms with Crippen LogP contribution in [0.5, 0.6) is 11.5 Å². The fraction of sp³-hybridized carbons (Fsp3) is 0.125. The van der Waals surface area contributed by atoms with Gasteiger partial charge in [0.25, 0.3) is 0 Å². The molecular weight excluding hydrogens is 312 g/mol. The fourth-order valence-electron chi connectivity index (χ4n) is 1.85. The second-order valence-corrected chi connectivity index (χ2v) is 4.74. The first-order chi connectivity index (χ1) is 11.6. The molecule has 0 amide bonds. The molecule has 0 aliphatic heterocycles. The van der Waals surface area contributed by atoms with E-state index in [4.69, 9.17) is 0 Å². The maximum atomic E-state index is 10.5. The molecule has 0 bridgehead atoms. The summed E-state index contributed by atoms with van der Waals surface area (Å²) in [6, 6.07) is 8.38. The van der Waals surface area contributed by atoms with Crippen LogP contribution >= 0.6 is 0 Å². The van der Waals surface area contributed by atoms with Crippen LogP contribution in [-0.4, -0.2) is 35.7 Å². The van der Waals surface area contributed by atoms with Gasteiger partial charge in [-0.25, -0.2) is 0 Å². The van der Waals surface area contributed by atoms with E-state index in [1.54, 1.807) is 0 Å². The molecule has 0 fully saturated rings. The highest BCUT2D eigenvalue weighted by molar-refractivity contribution is 5.85. The van der Waals surface area contributed by atoms with E-state index in [-0.39, 0.29) is 22.9 Å². The van der Waals surface area contributed by atoms with E-state index in [1.807, 2.05) is 0 Å². The number of nitroso groups, excluding NO2 is 2. The molecule has 0 aliphatic carbocycles. The van der Waals surface area contributed by atoms with Gasteiger partial charge in [0, 0.05) is 23.6 Å². The molecule has 2 rings (SSSR count). The van der Waals surface area contributed by atoms with Gasteiger partial charge in [-0.05, 0) is 46.8 Å². The van der Waals surface area contributed by atoms with Crippen molar-refractivity contribution in [2.75, 3.05) is 13.1 Å². The van der Waals surface area contributed by atoms with Crippen LogP contribution in [-0.2, 0) is 0 Å². The molecule has 0 heterocycles. The third-order valence-corrected chi connectivity index (χ3v) is 3.05. The summed E-state index contributed by atoms with van der Waals surface area (Å²) in [5, 5.41) is 24.8. The number of phenols is 2. The minimum atomic E-state index is -0.00208. The lowest BCUT2D eigenvalue weighted by Crippen LogP contribution is -1.91. The highest BCUT2D eigenvalue weighted by Crippen LogP contribution is 2.22. The second-order valence-electron chi connectivity index (χ2n) is 4.74. The van der Waals surface area contributed by atoms with Gasteiger partial charge in [0.15, 0.2) is 0 Å². The van der Waals surface area contributed by atoms with Gasteiger partial charge in [0.05, 0.1) is 13.1 Å². The minimum absolute atomic E-state index is 0.00208. The first-order valence-corrected chi connectivity index (χ1v) is 6.96. The molecular formula is C16H14N4O4. The molecule has 0 saturated carbocycles. The van der Waals surface area contributed by atoms with Crippen molar-refractivity contribution < 1.29 is 10.2 Å². The van der Waals surface area contributed by atoms with Gasteiger partial charge in [-0.3, -0.25) is 9.98 Å². The largest absolute Gasteiger partial charge is 0.507 e. The van der Waals surface area contributed by atoms with Crippen LogP contribution in [0.1, 0.15) is 11.1 Å². The molecule has 2 aromatic carbocycles. The zero-order valence-electron chi connectivity index (χ0n) is 12.5. The van der Waals surface area contributed by atoms with E-state index in [0.29, 0.717) is 24.2 Å². The standard InChI is InChI=1S/C16H14N4O4/c21-15-3-1-13(19-23)7-11(15)9-17-5-6-18-10-12-8-14(20-24)2-4-16(12)22/h1-4,7-10,21-22H,5-6H2. The van der Waals surface area contributed by atoms with Crippen LogP contribution in [0.15, 0.2) is 56.7 Å². The Bertz CT molecular complexity index is 735. The van der Waals surface area contributed by atoms with Crippen LogP contribution in [0, 0.1) is 9.81 Å². The van der Waals surface area contributed by atoms with Gasteiger partial charge in [-0.2, -0.15) is 0 Å². The summed E-state index contributed by atoms with van der Waals surface area (Å²) in [6.07, 6.45) is 2.85. The van der Waals surface area contributed by atoms with E-state index in [2.05, 4.69) is 20.3 Å². The Hall–Kier alpha value is -3.42. The summed E-state index contributed by atoms with van der Waals surface area (Å²) in [5.74, 6) is -0.00416. The third-order valence-electron chi connectivity index (χ3n) is 3.05. The number of benzene rings is 2. The van der Waals surface area contributed by atoms with E-state index in [0.717, 1.165) is 0 Å². The Morgan fingerprint density at radius 2 is 1.17 bits per heavy atom. The van der Waals surface area contributed by atoms with Crippen LogP contribution in [0.25, 0.3) is 0 Å². The lowest BCUT2D eigenvalue weighted by molar-refractivity contribution is 0.474. The minimum Gasteiger partial charge on any atom is -0.507 e. The predicted octanol–water partition coefficient (Wildman–Crippen LogP) is 3.43. The SMILES string of the molecule is O=Nc1ccc(O)c(C=NCCN=Cc2cc(N=O)ccc2O)c1. The number of aromatic hydroxyl groups is 2. The van der Waals surface area contributed by atoms with Gasteiger partial charge in [-0.1, -0.05) is 0 Å². The van der Waals surface area contributed by atoms with Crippen molar-refractivity contribution in [2.45, 2.75) is 0 Å². The maximum Gasteiger partial charge on any atom is 0.124 e. The van der Waals surface area contributed by atoms with Gasteiger partial charge >= 0.3 is 0 Å². The molecule has 2 N–H and O–H groups in total. The molecule has 0 aromatic heterocycles. The van der Waals surface area contributed by atoms with Gasteiger partial charge < -0.3 is 10.2 Å². The highest BCUT2D eigenvalue weighted by atomic mass is 16.3. The molecule has 0 unspecified atom stereocenters. The van der Waals surface area contributed by atoms with Crippen molar-refractivity contribution in [3.8, 4) is 11.5 Å². The van der Waals surface area contributed by atoms with Crippen molar-refractivity contribution in [3.05, 3.63) is 57.3 Å². The van der Waals surface area contributed by atoms with Crippen molar-refractivity contribution >= 4 is 23.8 Å². The van der Waals surface area contributed by atoms with Crippen LogP contribution in [0.4, 0.5) is 11.4 Å². The number of nitrogens with zero attached hydrogens (tertiary/aromatic N) is 4. The zero-order chi connectivity index (χ0) is 17.4. The maximum absolute atomic E-state index is 10.5. The Labute approximate surface area is 137 Å². The van der Waals surface area contributed by atoms with E-state index in [9.17, 15) is 20.0 Å². The molecule has 0 spiro atoms. The molecule has 2 aromatic rings. The lowest BCUT2D eigenvalue weighted by atomic mass is 10.2. The first kappa shape index (κ1) is 16.9. The zero-order valence-corrected chi connectivity index (χ0v) is 12.5. The Balaban J connectivity index is 1.93. The molecule has 24 heavy (non-hydrogen) atoms. The van der Waals surface area contributed by atoms with E-state index >= 15 is 0 Å². The summed E-state index contributed by atoms with van der Waals surface area (Å²) in [4.78, 5) is 29.1. The predicted molar refractivity (Wildman–Crippen MR) is 92.0 cm³/mol. The van der Waals surface area contributed by atoms with Crippen molar-refractivity contribution in [1.82, 2.24) is 0 Å². The average molecular weight is 326 g/mol. The monoisotopic (exact) mass is 326 g/mol. The third kappa shape index (κ3) is 4.54. The topological polar surface area (TPSA) is 124 Å². The molecule has 122 valence electrons. The van der Waals surface area contributed by atoms with Crippen LogP contribution < -0.4 is 0 Å². The van der Waals surface area contributed by atoms with Crippen LogP contribution in [0.3, 0.4) is 0 Å². The van der Waals surface area contributed by atoms with E-state index in [1.165, 1.54) is 48.8 Å². The Morgan fingerprint density at radius 3 is 1.54 bits per heavy atom. The van der Waals surface area contributed by atoms with Crippen LogP contribution in [0.2, 0.25) is 0 Å². The number of hydrogen-bond acceptors (Lipinski definition) is 8. The number of hydrogen-bond donors (Lipinski definition) is 2. The Kier molecular flexibility index (Phi) is 5.84. The van der Waals surface area contributed by atoms with Crippen molar-refractivity contribution in [1.29, 1.82) is 0 Å². The molecule has 0 atom stereocenters. The average Bonchev–Trinajstić information content (AvgIpc) is 2.60. The number of rotatable bonds is 7. The quantitative estimate of drug-likeness (QED) is 0.459. The van der Waals surface area contributed by atoms with Gasteiger partial charge in [0.1, 0.15) is 22.9 Å². The van der Waals surface area contributed by atoms with Gasteiger partial charge in [-0.15, -0.1) is 9.81 Å². The number of aliphatic imine (C=N–C) groups is 2. The number of phenolic OH excluding ortho intramolecular Hbond substituents is 2. The van der Waals surface area contributed by atoms with Crippen molar-refractivity contribution in [2.24, 2.45) is 20.3 Å². The second kappa shape index (κ2) is 8.28. The molecule has 0 radical (unpaired) electrons. The summed E-state index contributed by atoms with van der Waals surface area (Å²) in [6.45, 7) is 0.669. The normalized spacial score (nSPS) is 11.2. The van der Waals surface area contributed by atoms with E-state index < -0.39 is 0 Å². The first-order valence-electron chi connectivity index (χ1n) is 6.96. The Morgan fingerprint density at radius 1 is 0.750 bits per heavy atom. The highest BCUT2D eigenvalue weighted by Gasteiger charge is 2.01. The summed E-state index contributed by atoms with van der Waals surface area (Å²) < 4.78 is 0. The lowest BCUT2D eigenvalue weighted by Gasteiger charge is -1.99. The molecule has 0 saturated heterocycles. The molecule has 8 nitrogen and oxygen atoms in total.